The van der Waals surface area contributed by atoms with Crippen LogP contribution in [0.15, 0.2) is 12.4 Å². The third kappa shape index (κ3) is 3.54. The van der Waals surface area contributed by atoms with E-state index >= 15 is 0 Å². The Morgan fingerprint density at radius 1 is 1.63 bits per heavy atom. The predicted octanol–water partition coefficient (Wildman–Crippen LogP) is -0.109. The largest absolute Gasteiger partial charge is 0.353 e. The smallest absolute Gasteiger partial charge is 0.234 e. The van der Waals surface area contributed by atoms with E-state index in [1.807, 2.05) is 31.7 Å². The van der Waals surface area contributed by atoms with Crippen molar-refractivity contribution in [3.63, 3.8) is 0 Å². The van der Waals surface area contributed by atoms with Crippen molar-refractivity contribution in [1.82, 2.24) is 25.1 Å². The Balaban J connectivity index is 2.04. The second-order valence-electron chi connectivity index (χ2n) is 5.31. The monoisotopic (exact) mass is 265 g/mol. The van der Waals surface area contributed by atoms with E-state index in [1.165, 1.54) is 0 Å². The first-order chi connectivity index (χ1) is 9.08. The number of rotatable bonds is 4. The van der Waals surface area contributed by atoms with Crippen molar-refractivity contribution in [2.75, 3.05) is 26.2 Å². The lowest BCUT2D eigenvalue weighted by atomic mass is 10.1. The third-order valence-corrected chi connectivity index (χ3v) is 3.31. The van der Waals surface area contributed by atoms with Gasteiger partial charge in [0, 0.05) is 45.1 Å². The van der Waals surface area contributed by atoms with E-state index < -0.39 is 0 Å². The summed E-state index contributed by atoms with van der Waals surface area (Å²) in [4.78, 5) is 18.5. The van der Waals surface area contributed by atoms with Crippen molar-refractivity contribution < 1.29 is 4.79 Å². The van der Waals surface area contributed by atoms with Crippen LogP contribution in [0.1, 0.15) is 25.7 Å². The van der Waals surface area contributed by atoms with Crippen LogP contribution < -0.4 is 10.6 Å². The van der Waals surface area contributed by atoms with Gasteiger partial charge < -0.3 is 15.2 Å². The number of nitrogens with zero attached hydrogens (tertiary/aromatic N) is 3. The Kier molecular flexibility index (Phi) is 4.55. The van der Waals surface area contributed by atoms with Crippen LogP contribution in [0.3, 0.4) is 0 Å². The molecular weight excluding hydrogens is 242 g/mol. The molecular formula is C13H23N5O. The second-order valence-corrected chi connectivity index (χ2v) is 5.31. The summed E-state index contributed by atoms with van der Waals surface area (Å²) in [6, 6.07) is 0.341. The molecule has 19 heavy (non-hydrogen) atoms. The first-order valence-corrected chi connectivity index (χ1v) is 6.79. The number of carbonyl (C=O) groups excluding carboxylic acids is 1. The fourth-order valence-electron chi connectivity index (χ4n) is 2.44. The molecule has 2 rings (SSSR count). The standard InChI is InChI=1S/C13H23N5O/c1-10(2)16-12(19)9-18-7-4-14-8-11(18)13-15-5-6-17(13)3/h5-6,10-11,14H,4,7-9H2,1-3H3,(H,16,19). The average Bonchev–Trinajstić information content (AvgIpc) is 2.75. The minimum Gasteiger partial charge on any atom is -0.353 e. The molecule has 0 spiro atoms. The highest BCUT2D eigenvalue weighted by atomic mass is 16.2. The van der Waals surface area contributed by atoms with Crippen molar-refractivity contribution >= 4 is 5.91 Å². The molecule has 0 saturated carbocycles. The van der Waals surface area contributed by atoms with Gasteiger partial charge in [0.15, 0.2) is 0 Å². The SMILES string of the molecule is CC(C)NC(=O)CN1CCNCC1c1nccn1C. The molecule has 1 amide bonds. The normalized spacial score (nSPS) is 20.7. The zero-order valence-electron chi connectivity index (χ0n) is 11.9. The highest BCUT2D eigenvalue weighted by molar-refractivity contribution is 5.78. The number of aromatic nitrogens is 2. The Labute approximate surface area is 114 Å². The van der Waals surface area contributed by atoms with Gasteiger partial charge in [-0.1, -0.05) is 0 Å². The molecule has 1 fully saturated rings. The van der Waals surface area contributed by atoms with Gasteiger partial charge in [-0.05, 0) is 13.8 Å². The van der Waals surface area contributed by atoms with Crippen molar-refractivity contribution in [3.05, 3.63) is 18.2 Å². The highest BCUT2D eigenvalue weighted by Gasteiger charge is 2.28. The summed E-state index contributed by atoms with van der Waals surface area (Å²) in [6.07, 6.45) is 3.74. The molecule has 1 saturated heterocycles. The molecule has 0 bridgehead atoms. The maximum atomic E-state index is 11.9. The minimum atomic E-state index is 0.0797. The number of nitrogens with one attached hydrogen (secondary N) is 2. The van der Waals surface area contributed by atoms with Crippen molar-refractivity contribution in [2.45, 2.75) is 25.9 Å². The topological polar surface area (TPSA) is 62.2 Å². The molecule has 2 N–H and O–H groups in total. The number of amides is 1. The third-order valence-electron chi connectivity index (χ3n) is 3.31. The van der Waals surface area contributed by atoms with Crippen LogP contribution in [0.25, 0.3) is 0 Å². The second kappa shape index (κ2) is 6.16. The summed E-state index contributed by atoms with van der Waals surface area (Å²) < 4.78 is 2.02. The summed E-state index contributed by atoms with van der Waals surface area (Å²) in [5.74, 6) is 1.08. The molecule has 1 aliphatic rings. The molecule has 0 aliphatic carbocycles. The molecule has 1 atom stereocenters. The van der Waals surface area contributed by atoms with E-state index in [4.69, 9.17) is 0 Å². The van der Waals surface area contributed by atoms with Gasteiger partial charge in [0.1, 0.15) is 5.82 Å². The Hall–Kier alpha value is -1.40. The van der Waals surface area contributed by atoms with Gasteiger partial charge in [0.05, 0.1) is 12.6 Å². The molecule has 0 radical (unpaired) electrons. The van der Waals surface area contributed by atoms with Crippen LogP contribution in [0.4, 0.5) is 0 Å². The van der Waals surface area contributed by atoms with Gasteiger partial charge >= 0.3 is 0 Å². The molecule has 1 aliphatic heterocycles. The average molecular weight is 265 g/mol. The van der Waals surface area contributed by atoms with Gasteiger partial charge in [-0.3, -0.25) is 9.69 Å². The predicted molar refractivity (Wildman–Crippen MR) is 73.7 cm³/mol. The summed E-state index contributed by atoms with van der Waals surface area (Å²) in [7, 11) is 1.99. The maximum Gasteiger partial charge on any atom is 0.234 e. The molecule has 6 nitrogen and oxygen atoms in total. The quantitative estimate of drug-likeness (QED) is 0.797. The number of carbonyl (C=O) groups is 1. The minimum absolute atomic E-state index is 0.0797. The number of aryl methyl sites for hydroxylation is 1. The van der Waals surface area contributed by atoms with Gasteiger partial charge in [-0.15, -0.1) is 0 Å². The van der Waals surface area contributed by atoms with E-state index in [0.29, 0.717) is 6.54 Å². The van der Waals surface area contributed by atoms with Gasteiger partial charge in [0.25, 0.3) is 0 Å². The lowest BCUT2D eigenvalue weighted by Gasteiger charge is -2.35. The zero-order chi connectivity index (χ0) is 13.8. The number of hydrogen-bond acceptors (Lipinski definition) is 4. The summed E-state index contributed by atoms with van der Waals surface area (Å²) in [6.45, 7) is 6.99. The first-order valence-electron chi connectivity index (χ1n) is 6.79. The zero-order valence-corrected chi connectivity index (χ0v) is 11.9. The molecule has 106 valence electrons. The number of hydrogen-bond donors (Lipinski definition) is 2. The molecule has 6 heteroatoms. The van der Waals surface area contributed by atoms with Crippen molar-refractivity contribution in [3.8, 4) is 0 Å². The fourth-order valence-corrected chi connectivity index (χ4v) is 2.44. The Morgan fingerprint density at radius 3 is 3.05 bits per heavy atom. The van der Waals surface area contributed by atoms with E-state index in [2.05, 4.69) is 20.5 Å². The van der Waals surface area contributed by atoms with Crippen LogP contribution in [0, 0.1) is 0 Å². The first kappa shape index (κ1) is 14.0. The summed E-state index contributed by atoms with van der Waals surface area (Å²) >= 11 is 0. The fraction of sp³-hybridized carbons (Fsp3) is 0.692. The van der Waals surface area contributed by atoms with Crippen LogP contribution in [0.2, 0.25) is 0 Å². The summed E-state index contributed by atoms with van der Waals surface area (Å²) in [5.41, 5.74) is 0. The van der Waals surface area contributed by atoms with E-state index in [9.17, 15) is 4.79 Å². The molecule has 0 aromatic carbocycles. The van der Waals surface area contributed by atoms with E-state index in [1.54, 1.807) is 6.20 Å². The molecule has 1 unspecified atom stereocenters. The van der Waals surface area contributed by atoms with Gasteiger partial charge in [-0.25, -0.2) is 4.98 Å². The number of imidazole rings is 1. The van der Waals surface area contributed by atoms with Crippen LogP contribution >= 0.6 is 0 Å². The number of piperazine rings is 1. The van der Waals surface area contributed by atoms with Crippen LogP contribution in [-0.2, 0) is 11.8 Å². The van der Waals surface area contributed by atoms with E-state index in [0.717, 1.165) is 25.5 Å². The highest BCUT2D eigenvalue weighted by Crippen LogP contribution is 2.19. The summed E-state index contributed by atoms with van der Waals surface area (Å²) in [5, 5.41) is 6.31. The van der Waals surface area contributed by atoms with Crippen molar-refractivity contribution in [1.29, 1.82) is 0 Å². The van der Waals surface area contributed by atoms with E-state index in [-0.39, 0.29) is 18.0 Å². The lowest BCUT2D eigenvalue weighted by molar-refractivity contribution is -0.123. The van der Waals surface area contributed by atoms with Gasteiger partial charge in [-0.2, -0.15) is 0 Å². The maximum absolute atomic E-state index is 11.9. The Bertz CT molecular complexity index is 428. The molecule has 2 heterocycles. The Morgan fingerprint density at radius 2 is 2.42 bits per heavy atom. The van der Waals surface area contributed by atoms with Gasteiger partial charge in [0.2, 0.25) is 5.91 Å². The van der Waals surface area contributed by atoms with Crippen LogP contribution in [0.5, 0.6) is 0 Å². The molecule has 1 aromatic heterocycles. The molecule has 1 aromatic rings. The van der Waals surface area contributed by atoms with Crippen molar-refractivity contribution in [2.24, 2.45) is 7.05 Å². The van der Waals surface area contributed by atoms with Crippen LogP contribution in [-0.4, -0.2) is 52.6 Å². The lowest BCUT2D eigenvalue weighted by Crippen LogP contribution is -2.50.